The minimum Gasteiger partial charge on any atom is -0.310 e. The van der Waals surface area contributed by atoms with Crippen molar-refractivity contribution in [2.24, 2.45) is 0 Å². The monoisotopic (exact) mass is 189 g/mol. The molecule has 1 saturated heterocycles. The van der Waals surface area contributed by atoms with Gasteiger partial charge < -0.3 is 5.32 Å². The van der Waals surface area contributed by atoms with E-state index in [0.717, 1.165) is 0 Å². The van der Waals surface area contributed by atoms with Crippen molar-refractivity contribution in [3.05, 3.63) is 35.2 Å². The zero-order valence-corrected chi connectivity index (χ0v) is 8.10. The first-order valence-corrected chi connectivity index (χ1v) is 5.52. The molecule has 0 bridgehead atoms. The Hall–Kier alpha value is -0.860. The van der Waals surface area contributed by atoms with Crippen LogP contribution >= 0.6 is 11.3 Å². The van der Waals surface area contributed by atoms with Crippen LogP contribution in [0.1, 0.15) is 18.0 Å². The largest absolute Gasteiger partial charge is 0.310 e. The Morgan fingerprint density at radius 2 is 2.15 bits per heavy atom. The van der Waals surface area contributed by atoms with Gasteiger partial charge in [-0.2, -0.15) is 0 Å². The molecule has 1 aromatic heterocycles. The third-order valence-corrected chi connectivity index (χ3v) is 3.69. The van der Waals surface area contributed by atoms with Crippen LogP contribution in [-0.2, 0) is 0 Å². The standard InChI is InChI=1S/C11H11NS/c1-2-4-11-8(3-1)9(7-13-11)10-5-6-12-10/h1-4,7,10,12H,5-6H2/t10-/m1/s1. The first-order chi connectivity index (χ1) is 6.45. The van der Waals surface area contributed by atoms with E-state index in [4.69, 9.17) is 0 Å². The van der Waals surface area contributed by atoms with Gasteiger partial charge in [-0.3, -0.25) is 0 Å². The summed E-state index contributed by atoms with van der Waals surface area (Å²) in [4.78, 5) is 0. The van der Waals surface area contributed by atoms with E-state index in [9.17, 15) is 0 Å². The predicted octanol–water partition coefficient (Wildman–Crippen LogP) is 2.94. The molecule has 0 unspecified atom stereocenters. The van der Waals surface area contributed by atoms with Gasteiger partial charge in [-0.05, 0) is 35.4 Å². The second-order valence-corrected chi connectivity index (χ2v) is 4.39. The second-order valence-electron chi connectivity index (χ2n) is 3.48. The normalized spacial score (nSPS) is 21.7. The molecule has 1 fully saturated rings. The predicted molar refractivity (Wildman–Crippen MR) is 57.2 cm³/mol. The van der Waals surface area contributed by atoms with Gasteiger partial charge in [-0.25, -0.2) is 0 Å². The summed E-state index contributed by atoms with van der Waals surface area (Å²) in [5.74, 6) is 0. The highest BCUT2D eigenvalue weighted by Crippen LogP contribution is 2.33. The van der Waals surface area contributed by atoms with E-state index >= 15 is 0 Å². The molecule has 13 heavy (non-hydrogen) atoms. The summed E-state index contributed by atoms with van der Waals surface area (Å²) in [6, 6.07) is 9.27. The molecule has 1 nitrogen and oxygen atoms in total. The van der Waals surface area contributed by atoms with Crippen molar-refractivity contribution in [1.29, 1.82) is 0 Å². The summed E-state index contributed by atoms with van der Waals surface area (Å²) >= 11 is 1.85. The van der Waals surface area contributed by atoms with Crippen LogP contribution in [0.5, 0.6) is 0 Å². The van der Waals surface area contributed by atoms with Gasteiger partial charge in [-0.1, -0.05) is 18.2 Å². The Morgan fingerprint density at radius 1 is 1.31 bits per heavy atom. The molecule has 0 spiro atoms. The van der Waals surface area contributed by atoms with Gasteiger partial charge in [0.15, 0.2) is 0 Å². The van der Waals surface area contributed by atoms with Crippen molar-refractivity contribution in [2.75, 3.05) is 6.54 Å². The third-order valence-electron chi connectivity index (χ3n) is 2.71. The summed E-state index contributed by atoms with van der Waals surface area (Å²) < 4.78 is 1.41. The maximum absolute atomic E-state index is 3.45. The van der Waals surface area contributed by atoms with Gasteiger partial charge in [0.1, 0.15) is 0 Å². The van der Waals surface area contributed by atoms with Crippen LogP contribution in [0.3, 0.4) is 0 Å². The smallest absolute Gasteiger partial charge is 0.0346 e. The summed E-state index contributed by atoms with van der Waals surface area (Å²) in [7, 11) is 0. The lowest BCUT2D eigenvalue weighted by atomic mass is 9.98. The van der Waals surface area contributed by atoms with Crippen LogP contribution in [0, 0.1) is 0 Å². The minimum atomic E-state index is 0.621. The topological polar surface area (TPSA) is 12.0 Å². The number of rotatable bonds is 1. The molecule has 2 heteroatoms. The van der Waals surface area contributed by atoms with Crippen LogP contribution in [-0.4, -0.2) is 6.54 Å². The average molecular weight is 189 g/mol. The Labute approximate surface area is 81.4 Å². The summed E-state index contributed by atoms with van der Waals surface area (Å²) in [6.07, 6.45) is 1.29. The van der Waals surface area contributed by atoms with E-state index < -0.39 is 0 Å². The third kappa shape index (κ3) is 1.10. The van der Waals surface area contributed by atoms with Gasteiger partial charge in [0.25, 0.3) is 0 Å². The lowest BCUT2D eigenvalue weighted by molar-refractivity contribution is 0.386. The van der Waals surface area contributed by atoms with Crippen LogP contribution in [0.2, 0.25) is 0 Å². The molecule has 1 aliphatic rings. The van der Waals surface area contributed by atoms with E-state index in [-0.39, 0.29) is 0 Å². The van der Waals surface area contributed by atoms with Crippen molar-refractivity contribution in [2.45, 2.75) is 12.5 Å². The Balaban J connectivity index is 2.17. The van der Waals surface area contributed by atoms with Crippen molar-refractivity contribution in [3.8, 4) is 0 Å². The van der Waals surface area contributed by atoms with Crippen molar-refractivity contribution >= 4 is 21.4 Å². The fraction of sp³-hybridized carbons (Fsp3) is 0.273. The molecule has 1 aliphatic heterocycles. The number of hydrogen-bond donors (Lipinski definition) is 1. The molecule has 2 heterocycles. The summed E-state index contributed by atoms with van der Waals surface area (Å²) in [5, 5.41) is 7.17. The van der Waals surface area contributed by atoms with Gasteiger partial charge >= 0.3 is 0 Å². The molecular weight excluding hydrogens is 178 g/mol. The number of benzene rings is 1. The van der Waals surface area contributed by atoms with Crippen molar-refractivity contribution < 1.29 is 0 Å². The van der Waals surface area contributed by atoms with Crippen LogP contribution in [0.4, 0.5) is 0 Å². The highest BCUT2D eigenvalue weighted by Gasteiger charge is 2.20. The molecule has 0 aliphatic carbocycles. The van der Waals surface area contributed by atoms with Crippen LogP contribution < -0.4 is 5.32 Å². The van der Waals surface area contributed by atoms with E-state index in [0.29, 0.717) is 6.04 Å². The number of hydrogen-bond acceptors (Lipinski definition) is 2. The van der Waals surface area contributed by atoms with E-state index in [1.165, 1.54) is 28.6 Å². The molecular formula is C11H11NS. The van der Waals surface area contributed by atoms with E-state index in [2.05, 4.69) is 35.0 Å². The lowest BCUT2D eigenvalue weighted by Crippen LogP contribution is -2.34. The van der Waals surface area contributed by atoms with Gasteiger partial charge in [-0.15, -0.1) is 11.3 Å². The molecule has 0 amide bonds. The first-order valence-electron chi connectivity index (χ1n) is 4.65. The highest BCUT2D eigenvalue weighted by molar-refractivity contribution is 7.17. The lowest BCUT2D eigenvalue weighted by Gasteiger charge is -2.27. The Bertz CT molecular complexity index is 428. The molecule has 0 radical (unpaired) electrons. The van der Waals surface area contributed by atoms with Crippen LogP contribution in [0.15, 0.2) is 29.6 Å². The minimum absolute atomic E-state index is 0.621. The molecule has 0 saturated carbocycles. The van der Waals surface area contributed by atoms with Crippen molar-refractivity contribution in [3.63, 3.8) is 0 Å². The van der Waals surface area contributed by atoms with Crippen LogP contribution in [0.25, 0.3) is 10.1 Å². The zero-order valence-electron chi connectivity index (χ0n) is 7.29. The van der Waals surface area contributed by atoms with Gasteiger partial charge in [0, 0.05) is 10.7 Å². The maximum Gasteiger partial charge on any atom is 0.0346 e. The molecule has 66 valence electrons. The van der Waals surface area contributed by atoms with E-state index in [1.807, 2.05) is 11.3 Å². The molecule has 3 rings (SSSR count). The molecule has 1 N–H and O–H groups in total. The summed E-state index contributed by atoms with van der Waals surface area (Å²) in [6.45, 7) is 1.18. The average Bonchev–Trinajstić information content (AvgIpc) is 2.47. The quantitative estimate of drug-likeness (QED) is 0.727. The SMILES string of the molecule is c1ccc2c([C@H]3CCN3)csc2c1. The molecule has 1 aromatic carbocycles. The molecule has 2 aromatic rings. The fourth-order valence-electron chi connectivity index (χ4n) is 1.82. The number of fused-ring (bicyclic) bond motifs is 1. The zero-order chi connectivity index (χ0) is 8.67. The van der Waals surface area contributed by atoms with Gasteiger partial charge in [0.2, 0.25) is 0 Å². The number of nitrogens with one attached hydrogen (secondary N) is 1. The van der Waals surface area contributed by atoms with Crippen molar-refractivity contribution in [1.82, 2.24) is 5.32 Å². The second kappa shape index (κ2) is 2.82. The number of thiophene rings is 1. The summed E-state index contributed by atoms with van der Waals surface area (Å²) in [5.41, 5.74) is 1.49. The van der Waals surface area contributed by atoms with Gasteiger partial charge in [0.05, 0.1) is 0 Å². The Morgan fingerprint density at radius 3 is 2.92 bits per heavy atom. The molecule has 1 atom stereocenters. The highest BCUT2D eigenvalue weighted by atomic mass is 32.1. The fourth-order valence-corrected chi connectivity index (χ4v) is 2.84. The Kier molecular flexibility index (Phi) is 1.64. The maximum atomic E-state index is 3.45. The first kappa shape index (κ1) is 7.54. The van der Waals surface area contributed by atoms with E-state index in [1.54, 1.807) is 0 Å².